The topological polar surface area (TPSA) is 66.5 Å². The van der Waals surface area contributed by atoms with Gasteiger partial charge in [-0.2, -0.15) is 0 Å². The lowest BCUT2D eigenvalue weighted by Crippen LogP contribution is -2.50. The zero-order chi connectivity index (χ0) is 16.4. The van der Waals surface area contributed by atoms with Gasteiger partial charge in [0.2, 0.25) is 5.91 Å². The molecule has 1 saturated carbocycles. The summed E-state index contributed by atoms with van der Waals surface area (Å²) >= 11 is 0. The van der Waals surface area contributed by atoms with E-state index in [0.29, 0.717) is 19.2 Å². The molecule has 2 saturated heterocycles. The molecule has 6 nitrogen and oxygen atoms in total. The molecule has 2 aliphatic heterocycles. The molecule has 4 rings (SSSR count). The van der Waals surface area contributed by atoms with Crippen LogP contribution in [0.5, 0.6) is 0 Å². The first-order valence-corrected chi connectivity index (χ1v) is 9.11. The second kappa shape index (κ2) is 7.17. The van der Waals surface area contributed by atoms with Crippen molar-refractivity contribution >= 4 is 5.91 Å². The van der Waals surface area contributed by atoms with Crippen molar-refractivity contribution in [1.29, 1.82) is 0 Å². The van der Waals surface area contributed by atoms with E-state index in [-0.39, 0.29) is 18.1 Å². The predicted octanol–water partition coefficient (Wildman–Crippen LogP) is 1.23. The summed E-state index contributed by atoms with van der Waals surface area (Å²) in [5.41, 5.74) is 7.45. The van der Waals surface area contributed by atoms with Gasteiger partial charge in [0.25, 0.3) is 0 Å². The van der Waals surface area contributed by atoms with E-state index in [1.807, 2.05) is 23.1 Å². The molecule has 3 atom stereocenters. The number of ether oxygens (including phenoxy) is 1. The Morgan fingerprint density at radius 2 is 2.21 bits per heavy atom. The van der Waals surface area contributed by atoms with Crippen LogP contribution in [0.25, 0.3) is 0 Å². The standard InChI is InChI=1S/C18H26N4O2/c23-18(17-10-16(20-21-17)13-6-7-13)22-9-3-5-15(11-22)24-12-14-4-1-2-8-19-14/h1-2,4,8,13,15-17,20-21H,3,5-7,9-12H2. The van der Waals surface area contributed by atoms with Gasteiger partial charge < -0.3 is 9.64 Å². The van der Waals surface area contributed by atoms with Crippen LogP contribution in [0.15, 0.2) is 24.4 Å². The van der Waals surface area contributed by atoms with Crippen LogP contribution in [0.2, 0.25) is 0 Å². The molecule has 1 aromatic heterocycles. The van der Waals surface area contributed by atoms with Gasteiger partial charge in [-0.1, -0.05) is 6.07 Å². The number of likely N-dealkylation sites (tertiary alicyclic amines) is 1. The molecule has 3 aliphatic rings. The molecule has 6 heteroatoms. The molecule has 130 valence electrons. The van der Waals surface area contributed by atoms with E-state index in [0.717, 1.165) is 37.4 Å². The predicted molar refractivity (Wildman–Crippen MR) is 89.8 cm³/mol. The quantitative estimate of drug-likeness (QED) is 0.850. The largest absolute Gasteiger partial charge is 0.370 e. The number of amides is 1. The van der Waals surface area contributed by atoms with Crippen LogP contribution in [0.4, 0.5) is 0 Å². The first kappa shape index (κ1) is 16.0. The van der Waals surface area contributed by atoms with Crippen molar-refractivity contribution < 1.29 is 9.53 Å². The minimum atomic E-state index is -0.0786. The van der Waals surface area contributed by atoms with Gasteiger partial charge in [0.05, 0.1) is 18.4 Å². The first-order valence-electron chi connectivity index (χ1n) is 9.11. The number of hydrogen-bond acceptors (Lipinski definition) is 5. The zero-order valence-corrected chi connectivity index (χ0v) is 14.0. The summed E-state index contributed by atoms with van der Waals surface area (Å²) in [5, 5.41) is 0. The number of rotatable bonds is 5. The second-order valence-electron chi connectivity index (χ2n) is 7.20. The maximum absolute atomic E-state index is 12.8. The fraction of sp³-hybridized carbons (Fsp3) is 0.667. The molecule has 0 radical (unpaired) electrons. The third-order valence-corrected chi connectivity index (χ3v) is 5.30. The summed E-state index contributed by atoms with van der Waals surface area (Å²) in [5.74, 6) is 0.989. The highest BCUT2D eigenvalue weighted by molar-refractivity contribution is 5.82. The average Bonchev–Trinajstić information content (AvgIpc) is 3.37. The summed E-state index contributed by atoms with van der Waals surface area (Å²) < 4.78 is 5.99. The minimum Gasteiger partial charge on any atom is -0.370 e. The number of aromatic nitrogens is 1. The van der Waals surface area contributed by atoms with Crippen LogP contribution in [-0.4, -0.2) is 47.1 Å². The molecular formula is C18H26N4O2. The Labute approximate surface area is 142 Å². The number of carbonyl (C=O) groups is 1. The van der Waals surface area contributed by atoms with Crippen molar-refractivity contribution in [3.05, 3.63) is 30.1 Å². The van der Waals surface area contributed by atoms with Crippen molar-refractivity contribution in [3.8, 4) is 0 Å². The minimum absolute atomic E-state index is 0.0786. The highest BCUT2D eigenvalue weighted by Gasteiger charge is 2.40. The van der Waals surface area contributed by atoms with Crippen LogP contribution in [0, 0.1) is 5.92 Å². The summed E-state index contributed by atoms with van der Waals surface area (Å²) in [6.07, 6.45) is 7.42. The van der Waals surface area contributed by atoms with Crippen molar-refractivity contribution in [3.63, 3.8) is 0 Å². The highest BCUT2D eigenvalue weighted by atomic mass is 16.5. The molecule has 1 aromatic rings. The van der Waals surface area contributed by atoms with Crippen LogP contribution < -0.4 is 10.9 Å². The van der Waals surface area contributed by atoms with Gasteiger partial charge in [0.1, 0.15) is 6.04 Å². The number of nitrogens with zero attached hydrogens (tertiary/aromatic N) is 2. The molecule has 24 heavy (non-hydrogen) atoms. The van der Waals surface area contributed by atoms with Gasteiger partial charge in [0, 0.05) is 25.3 Å². The summed E-state index contributed by atoms with van der Waals surface area (Å²) in [7, 11) is 0. The summed E-state index contributed by atoms with van der Waals surface area (Å²) in [6, 6.07) is 6.24. The zero-order valence-electron chi connectivity index (χ0n) is 14.0. The van der Waals surface area contributed by atoms with Crippen LogP contribution >= 0.6 is 0 Å². The summed E-state index contributed by atoms with van der Waals surface area (Å²) in [4.78, 5) is 19.0. The molecule has 1 aliphatic carbocycles. The maximum Gasteiger partial charge on any atom is 0.241 e. The van der Waals surface area contributed by atoms with E-state index in [2.05, 4.69) is 15.8 Å². The number of piperidine rings is 1. The van der Waals surface area contributed by atoms with Crippen molar-refractivity contribution in [1.82, 2.24) is 20.7 Å². The van der Waals surface area contributed by atoms with Crippen LogP contribution in [-0.2, 0) is 16.1 Å². The van der Waals surface area contributed by atoms with Crippen molar-refractivity contribution in [2.24, 2.45) is 5.92 Å². The van der Waals surface area contributed by atoms with Gasteiger partial charge in [-0.25, -0.2) is 5.43 Å². The highest BCUT2D eigenvalue weighted by Crippen LogP contribution is 2.35. The molecule has 0 bridgehead atoms. The van der Waals surface area contributed by atoms with E-state index in [1.165, 1.54) is 12.8 Å². The van der Waals surface area contributed by atoms with E-state index < -0.39 is 0 Å². The fourth-order valence-corrected chi connectivity index (χ4v) is 3.73. The van der Waals surface area contributed by atoms with E-state index in [1.54, 1.807) is 6.20 Å². The van der Waals surface area contributed by atoms with E-state index in [4.69, 9.17) is 4.74 Å². The van der Waals surface area contributed by atoms with Crippen LogP contribution in [0.1, 0.15) is 37.8 Å². The molecule has 3 fully saturated rings. The average molecular weight is 330 g/mol. The van der Waals surface area contributed by atoms with Gasteiger partial charge in [-0.05, 0) is 50.2 Å². The van der Waals surface area contributed by atoms with Gasteiger partial charge in [0.15, 0.2) is 0 Å². The summed E-state index contributed by atoms with van der Waals surface area (Å²) in [6.45, 7) is 2.05. The molecular weight excluding hydrogens is 304 g/mol. The number of hydrazine groups is 1. The second-order valence-corrected chi connectivity index (χ2v) is 7.20. The molecule has 3 unspecified atom stereocenters. The molecule has 3 heterocycles. The van der Waals surface area contributed by atoms with Crippen LogP contribution in [0.3, 0.4) is 0 Å². The fourth-order valence-electron chi connectivity index (χ4n) is 3.73. The third kappa shape index (κ3) is 3.77. The molecule has 2 N–H and O–H groups in total. The van der Waals surface area contributed by atoms with Crippen molar-refractivity contribution in [2.45, 2.75) is 56.9 Å². The Bertz CT molecular complexity index is 563. The lowest BCUT2D eigenvalue weighted by molar-refractivity contribution is -0.137. The van der Waals surface area contributed by atoms with E-state index >= 15 is 0 Å². The Morgan fingerprint density at radius 1 is 1.29 bits per heavy atom. The molecule has 0 aromatic carbocycles. The monoisotopic (exact) mass is 330 g/mol. The SMILES string of the molecule is O=C(C1CC(C2CC2)NN1)N1CCCC(OCc2ccccn2)C1. The number of carbonyl (C=O) groups excluding carboxylic acids is 1. The maximum atomic E-state index is 12.8. The number of nitrogens with one attached hydrogen (secondary N) is 2. The van der Waals surface area contributed by atoms with E-state index in [9.17, 15) is 4.79 Å². The normalized spacial score (nSPS) is 30.5. The van der Waals surface area contributed by atoms with Gasteiger partial charge in [-0.3, -0.25) is 15.2 Å². The van der Waals surface area contributed by atoms with Crippen molar-refractivity contribution in [2.75, 3.05) is 13.1 Å². The molecule has 1 amide bonds. The lowest BCUT2D eigenvalue weighted by atomic mass is 10.0. The molecule has 0 spiro atoms. The number of hydrogen-bond donors (Lipinski definition) is 2. The Kier molecular flexibility index (Phi) is 4.78. The Morgan fingerprint density at radius 3 is 3.00 bits per heavy atom. The third-order valence-electron chi connectivity index (χ3n) is 5.30. The Balaban J connectivity index is 1.27. The number of pyridine rings is 1. The van der Waals surface area contributed by atoms with Gasteiger partial charge in [-0.15, -0.1) is 0 Å². The Hall–Kier alpha value is -1.50. The smallest absolute Gasteiger partial charge is 0.241 e. The van der Waals surface area contributed by atoms with Gasteiger partial charge >= 0.3 is 0 Å². The first-order chi connectivity index (χ1) is 11.8. The lowest BCUT2D eigenvalue weighted by Gasteiger charge is -2.34.